The molecule has 0 aromatic heterocycles. The SMILES string of the molecule is Cc1ccc(OCCCC(=O)N(Cc2cccc(C)c2)C(Cc2ccccc2)C(=O)NC(C)(C)C)cc1. The Bertz CT molecular complexity index is 1150. The van der Waals surface area contributed by atoms with E-state index in [0.29, 0.717) is 32.4 Å². The van der Waals surface area contributed by atoms with E-state index in [4.69, 9.17) is 4.74 Å². The minimum absolute atomic E-state index is 0.0565. The van der Waals surface area contributed by atoms with E-state index < -0.39 is 11.6 Å². The fourth-order valence-corrected chi connectivity index (χ4v) is 4.21. The van der Waals surface area contributed by atoms with Crippen molar-refractivity contribution in [2.24, 2.45) is 0 Å². The van der Waals surface area contributed by atoms with Gasteiger partial charge in [-0.2, -0.15) is 0 Å². The van der Waals surface area contributed by atoms with Crippen LogP contribution in [0.4, 0.5) is 0 Å². The third-order valence-electron chi connectivity index (χ3n) is 6.03. The molecule has 0 saturated carbocycles. The van der Waals surface area contributed by atoms with Gasteiger partial charge >= 0.3 is 0 Å². The number of hydrogen-bond acceptors (Lipinski definition) is 3. The van der Waals surface area contributed by atoms with Crippen LogP contribution in [0.2, 0.25) is 0 Å². The topological polar surface area (TPSA) is 58.6 Å². The van der Waals surface area contributed by atoms with Crippen molar-refractivity contribution in [2.75, 3.05) is 6.61 Å². The Labute approximate surface area is 221 Å². The first kappa shape index (κ1) is 28.0. The summed E-state index contributed by atoms with van der Waals surface area (Å²) in [5.41, 5.74) is 3.90. The number of hydrogen-bond donors (Lipinski definition) is 1. The molecule has 0 radical (unpaired) electrons. The zero-order valence-electron chi connectivity index (χ0n) is 22.8. The Morgan fingerprint density at radius 2 is 1.54 bits per heavy atom. The van der Waals surface area contributed by atoms with E-state index in [0.717, 1.165) is 22.4 Å². The molecule has 0 spiro atoms. The van der Waals surface area contributed by atoms with Crippen LogP contribution in [-0.2, 0) is 22.6 Å². The van der Waals surface area contributed by atoms with Crippen LogP contribution in [0.5, 0.6) is 5.75 Å². The van der Waals surface area contributed by atoms with Gasteiger partial charge < -0.3 is 15.0 Å². The number of nitrogens with zero attached hydrogens (tertiary/aromatic N) is 1. The van der Waals surface area contributed by atoms with Gasteiger partial charge in [-0.3, -0.25) is 9.59 Å². The number of carbonyl (C=O) groups is 2. The minimum atomic E-state index is -0.632. The highest BCUT2D eigenvalue weighted by molar-refractivity contribution is 5.88. The van der Waals surface area contributed by atoms with E-state index >= 15 is 0 Å². The fourth-order valence-electron chi connectivity index (χ4n) is 4.21. The van der Waals surface area contributed by atoms with Gasteiger partial charge in [0.25, 0.3) is 0 Å². The third-order valence-corrected chi connectivity index (χ3v) is 6.03. The maximum absolute atomic E-state index is 13.7. The first-order valence-electron chi connectivity index (χ1n) is 13.0. The molecule has 1 N–H and O–H groups in total. The van der Waals surface area contributed by atoms with Crippen LogP contribution in [0, 0.1) is 13.8 Å². The fraction of sp³-hybridized carbons (Fsp3) is 0.375. The molecule has 0 aliphatic rings. The molecule has 3 rings (SSSR count). The number of rotatable bonds is 11. The molecule has 0 fully saturated rings. The van der Waals surface area contributed by atoms with Crippen molar-refractivity contribution in [3.05, 3.63) is 101 Å². The molecular weight excluding hydrogens is 460 g/mol. The molecule has 2 amide bonds. The summed E-state index contributed by atoms with van der Waals surface area (Å²) < 4.78 is 5.84. The summed E-state index contributed by atoms with van der Waals surface area (Å²) in [4.78, 5) is 29.0. The van der Waals surface area contributed by atoms with Gasteiger partial charge in [0.15, 0.2) is 0 Å². The third kappa shape index (κ3) is 9.41. The van der Waals surface area contributed by atoms with Crippen molar-refractivity contribution in [1.82, 2.24) is 10.2 Å². The minimum Gasteiger partial charge on any atom is -0.494 e. The van der Waals surface area contributed by atoms with Crippen molar-refractivity contribution in [1.29, 1.82) is 0 Å². The smallest absolute Gasteiger partial charge is 0.243 e. The Morgan fingerprint density at radius 1 is 0.865 bits per heavy atom. The first-order valence-corrected chi connectivity index (χ1v) is 13.0. The van der Waals surface area contributed by atoms with Gasteiger partial charge in [-0.15, -0.1) is 0 Å². The molecule has 5 nitrogen and oxygen atoms in total. The molecule has 3 aromatic carbocycles. The second-order valence-electron chi connectivity index (χ2n) is 10.7. The maximum Gasteiger partial charge on any atom is 0.243 e. The zero-order valence-corrected chi connectivity index (χ0v) is 22.8. The van der Waals surface area contributed by atoms with Crippen LogP contribution in [0.25, 0.3) is 0 Å². The number of nitrogens with one attached hydrogen (secondary N) is 1. The Balaban J connectivity index is 1.81. The lowest BCUT2D eigenvalue weighted by molar-refractivity contribution is -0.142. The molecule has 3 aromatic rings. The largest absolute Gasteiger partial charge is 0.494 e. The van der Waals surface area contributed by atoms with Crippen molar-refractivity contribution < 1.29 is 14.3 Å². The molecule has 0 heterocycles. The predicted molar refractivity (Wildman–Crippen MR) is 149 cm³/mol. The van der Waals surface area contributed by atoms with E-state index in [9.17, 15) is 9.59 Å². The summed E-state index contributed by atoms with van der Waals surface area (Å²) in [6, 6.07) is 25.2. The van der Waals surface area contributed by atoms with Gasteiger partial charge in [0, 0.05) is 24.9 Å². The Hall–Kier alpha value is -3.60. The maximum atomic E-state index is 13.7. The van der Waals surface area contributed by atoms with Gasteiger partial charge in [-0.25, -0.2) is 0 Å². The van der Waals surface area contributed by atoms with Gasteiger partial charge in [-0.05, 0) is 64.3 Å². The highest BCUT2D eigenvalue weighted by Crippen LogP contribution is 2.19. The molecule has 1 atom stereocenters. The molecule has 5 heteroatoms. The molecule has 0 saturated heterocycles. The lowest BCUT2D eigenvalue weighted by Gasteiger charge is -2.34. The zero-order chi connectivity index (χ0) is 26.8. The predicted octanol–water partition coefficient (Wildman–Crippen LogP) is 6.02. The van der Waals surface area contributed by atoms with Crippen molar-refractivity contribution >= 4 is 11.8 Å². The van der Waals surface area contributed by atoms with Crippen LogP contribution in [0.3, 0.4) is 0 Å². The molecule has 37 heavy (non-hydrogen) atoms. The molecule has 0 aliphatic heterocycles. The molecule has 0 aliphatic carbocycles. The number of ether oxygens (including phenoxy) is 1. The monoisotopic (exact) mass is 500 g/mol. The van der Waals surface area contributed by atoms with E-state index in [1.54, 1.807) is 4.90 Å². The summed E-state index contributed by atoms with van der Waals surface area (Å²) in [6.07, 6.45) is 1.31. The van der Waals surface area contributed by atoms with Gasteiger partial charge in [0.1, 0.15) is 11.8 Å². The number of aryl methyl sites for hydroxylation is 2. The molecule has 196 valence electrons. The summed E-state index contributed by atoms with van der Waals surface area (Å²) >= 11 is 0. The summed E-state index contributed by atoms with van der Waals surface area (Å²) in [5, 5.41) is 3.11. The number of carbonyl (C=O) groups excluding carboxylic acids is 2. The van der Waals surface area contributed by atoms with Crippen LogP contribution in [-0.4, -0.2) is 34.9 Å². The molecule has 1 unspecified atom stereocenters. The van der Waals surface area contributed by atoms with Gasteiger partial charge in [-0.1, -0.05) is 77.9 Å². The standard InChI is InChI=1S/C32H40N2O3/c1-24-16-18-28(19-17-24)37-20-10-15-30(35)34(23-27-14-9-11-25(2)21-27)29(31(36)33-32(3,4)5)22-26-12-7-6-8-13-26/h6-9,11-14,16-19,21,29H,10,15,20,22-23H2,1-5H3,(H,33,36). The Morgan fingerprint density at radius 3 is 2.19 bits per heavy atom. The average Bonchev–Trinajstić information content (AvgIpc) is 2.84. The van der Waals surface area contributed by atoms with Crippen molar-refractivity contribution in [3.63, 3.8) is 0 Å². The lowest BCUT2D eigenvalue weighted by Crippen LogP contribution is -2.54. The molecule has 0 bridgehead atoms. The Kier molecular flexibility index (Phi) is 9.90. The van der Waals surface area contributed by atoms with Gasteiger partial charge in [0.05, 0.1) is 6.61 Å². The quantitative estimate of drug-likeness (QED) is 0.328. The summed E-state index contributed by atoms with van der Waals surface area (Å²) in [6.45, 7) is 10.7. The second kappa shape index (κ2) is 13.1. The van der Waals surface area contributed by atoms with E-state index in [-0.39, 0.29) is 11.8 Å². The number of benzene rings is 3. The second-order valence-corrected chi connectivity index (χ2v) is 10.7. The lowest BCUT2D eigenvalue weighted by atomic mass is 10.00. The van der Waals surface area contributed by atoms with Crippen molar-refractivity contribution in [2.45, 2.75) is 72.0 Å². The highest BCUT2D eigenvalue weighted by Gasteiger charge is 2.32. The van der Waals surface area contributed by atoms with E-state index in [2.05, 4.69) is 11.4 Å². The van der Waals surface area contributed by atoms with Crippen LogP contribution < -0.4 is 10.1 Å². The van der Waals surface area contributed by atoms with Crippen LogP contribution >= 0.6 is 0 Å². The summed E-state index contributed by atoms with van der Waals surface area (Å²) in [7, 11) is 0. The highest BCUT2D eigenvalue weighted by atomic mass is 16.5. The number of amides is 2. The van der Waals surface area contributed by atoms with E-state index in [1.807, 2.05) is 107 Å². The van der Waals surface area contributed by atoms with Gasteiger partial charge in [0.2, 0.25) is 11.8 Å². The summed E-state index contributed by atoms with van der Waals surface area (Å²) in [5.74, 6) is 0.591. The van der Waals surface area contributed by atoms with Crippen LogP contribution in [0.1, 0.15) is 55.9 Å². The molecular formula is C32H40N2O3. The van der Waals surface area contributed by atoms with Crippen molar-refractivity contribution in [3.8, 4) is 5.75 Å². The first-order chi connectivity index (χ1) is 17.6. The normalized spacial score (nSPS) is 12.0. The van der Waals surface area contributed by atoms with E-state index in [1.165, 1.54) is 5.56 Å². The van der Waals surface area contributed by atoms with Crippen LogP contribution in [0.15, 0.2) is 78.9 Å². The average molecular weight is 501 g/mol.